The van der Waals surface area contributed by atoms with Crippen LogP contribution in [0.15, 0.2) is 18.2 Å². The van der Waals surface area contributed by atoms with E-state index >= 15 is 0 Å². The van der Waals surface area contributed by atoms with E-state index in [0.29, 0.717) is 17.6 Å². The van der Waals surface area contributed by atoms with E-state index in [2.05, 4.69) is 12.2 Å². The van der Waals surface area contributed by atoms with E-state index in [1.54, 1.807) is 6.07 Å². The van der Waals surface area contributed by atoms with Crippen molar-refractivity contribution in [1.29, 1.82) is 0 Å². The second kappa shape index (κ2) is 6.04. The molecule has 0 aromatic heterocycles. The summed E-state index contributed by atoms with van der Waals surface area (Å²) in [4.78, 5) is 10.8. The fraction of sp³-hybridized carbons (Fsp3) is 0.600. The Morgan fingerprint density at radius 2 is 2.00 bits per heavy atom. The number of rotatable bonds is 4. The lowest BCUT2D eigenvalue weighted by atomic mass is 9.84. The molecule has 0 radical (unpaired) electrons. The van der Waals surface area contributed by atoms with Gasteiger partial charge in [0.15, 0.2) is 0 Å². The maximum atomic E-state index is 11.1. The molecule has 4 nitrogen and oxygen atoms in total. The normalized spacial score (nSPS) is 18.0. The lowest BCUT2D eigenvalue weighted by molar-refractivity contribution is -0.384. The zero-order chi connectivity index (χ0) is 13.8. The molecule has 104 valence electrons. The van der Waals surface area contributed by atoms with Crippen molar-refractivity contribution in [2.45, 2.75) is 52.0 Å². The Bertz CT molecular complexity index is 453. The van der Waals surface area contributed by atoms with Gasteiger partial charge in [-0.25, -0.2) is 0 Å². The largest absolute Gasteiger partial charge is 0.377 e. The van der Waals surface area contributed by atoms with Crippen molar-refractivity contribution in [2.24, 2.45) is 5.92 Å². The zero-order valence-electron chi connectivity index (χ0n) is 11.7. The molecule has 1 aliphatic carbocycles. The lowest BCUT2D eigenvalue weighted by Gasteiger charge is -2.28. The van der Waals surface area contributed by atoms with E-state index in [1.165, 1.54) is 32.1 Å². The molecule has 4 heteroatoms. The molecule has 1 fully saturated rings. The fourth-order valence-electron chi connectivity index (χ4n) is 2.91. The van der Waals surface area contributed by atoms with Gasteiger partial charge in [-0.1, -0.05) is 25.3 Å². The fourth-order valence-corrected chi connectivity index (χ4v) is 2.91. The maximum absolute atomic E-state index is 11.1. The Kier molecular flexibility index (Phi) is 4.40. The molecule has 0 amide bonds. The van der Waals surface area contributed by atoms with Crippen molar-refractivity contribution in [3.63, 3.8) is 0 Å². The molecule has 1 N–H and O–H groups in total. The minimum Gasteiger partial charge on any atom is -0.377 e. The van der Waals surface area contributed by atoms with E-state index in [4.69, 9.17) is 0 Å². The minimum absolute atomic E-state index is 0.183. The molecule has 1 aliphatic rings. The summed E-state index contributed by atoms with van der Waals surface area (Å²) < 4.78 is 0. The molecule has 0 bridgehead atoms. The Morgan fingerprint density at radius 3 is 2.63 bits per heavy atom. The zero-order valence-corrected chi connectivity index (χ0v) is 11.7. The summed E-state index contributed by atoms with van der Waals surface area (Å²) in [6.45, 7) is 4.01. The van der Waals surface area contributed by atoms with E-state index in [9.17, 15) is 10.1 Å². The predicted octanol–water partition coefficient (Wildman–Crippen LogP) is 4.28. The molecule has 1 saturated carbocycles. The van der Waals surface area contributed by atoms with Crippen LogP contribution in [0.25, 0.3) is 0 Å². The van der Waals surface area contributed by atoms with Gasteiger partial charge in [-0.15, -0.1) is 0 Å². The van der Waals surface area contributed by atoms with Crippen LogP contribution in [0.4, 0.5) is 11.4 Å². The molecular formula is C15H22N2O2. The van der Waals surface area contributed by atoms with Crippen LogP contribution in [0.2, 0.25) is 0 Å². The van der Waals surface area contributed by atoms with Gasteiger partial charge in [-0.3, -0.25) is 10.1 Å². The number of nitro groups is 1. The summed E-state index contributed by atoms with van der Waals surface area (Å²) >= 11 is 0. The minimum atomic E-state index is -0.303. The van der Waals surface area contributed by atoms with Crippen LogP contribution < -0.4 is 5.32 Å². The molecule has 0 spiro atoms. The van der Waals surface area contributed by atoms with E-state index in [1.807, 2.05) is 19.1 Å². The number of nitrogens with zero attached hydrogens (tertiary/aromatic N) is 1. The SMILES string of the molecule is Cc1ccc(NC(C)C2CCCCC2)c([N+](=O)[O-])c1. The van der Waals surface area contributed by atoms with Crippen molar-refractivity contribution < 1.29 is 4.92 Å². The summed E-state index contributed by atoms with van der Waals surface area (Å²) in [6, 6.07) is 5.67. The molecule has 1 aromatic carbocycles. The standard InChI is InChI=1S/C15H22N2O2/c1-11-8-9-14(15(10-11)17(18)19)16-12(2)13-6-4-3-5-7-13/h8-10,12-13,16H,3-7H2,1-2H3. The highest BCUT2D eigenvalue weighted by molar-refractivity contribution is 5.62. The molecule has 1 unspecified atom stereocenters. The van der Waals surface area contributed by atoms with Gasteiger partial charge in [0.2, 0.25) is 0 Å². The van der Waals surface area contributed by atoms with Crippen LogP contribution in [-0.4, -0.2) is 11.0 Å². The van der Waals surface area contributed by atoms with Crippen LogP contribution in [-0.2, 0) is 0 Å². The first-order valence-electron chi connectivity index (χ1n) is 7.09. The first-order chi connectivity index (χ1) is 9.08. The average Bonchev–Trinajstić information content (AvgIpc) is 2.41. The first-order valence-corrected chi connectivity index (χ1v) is 7.09. The third-order valence-corrected chi connectivity index (χ3v) is 4.09. The quantitative estimate of drug-likeness (QED) is 0.650. The van der Waals surface area contributed by atoms with E-state index in [0.717, 1.165) is 5.56 Å². The van der Waals surface area contributed by atoms with Gasteiger partial charge in [0, 0.05) is 12.1 Å². The monoisotopic (exact) mass is 262 g/mol. The summed E-state index contributed by atoms with van der Waals surface area (Å²) in [7, 11) is 0. The summed E-state index contributed by atoms with van der Waals surface area (Å²) in [5.74, 6) is 0.634. The van der Waals surface area contributed by atoms with Crippen molar-refractivity contribution in [3.8, 4) is 0 Å². The van der Waals surface area contributed by atoms with Gasteiger partial charge < -0.3 is 5.32 Å². The number of hydrogen-bond acceptors (Lipinski definition) is 3. The van der Waals surface area contributed by atoms with Crippen LogP contribution >= 0.6 is 0 Å². The second-order valence-electron chi connectivity index (χ2n) is 5.61. The number of hydrogen-bond donors (Lipinski definition) is 1. The average molecular weight is 262 g/mol. The smallest absolute Gasteiger partial charge is 0.292 e. The Hall–Kier alpha value is -1.58. The van der Waals surface area contributed by atoms with Crippen molar-refractivity contribution in [1.82, 2.24) is 0 Å². The third-order valence-electron chi connectivity index (χ3n) is 4.09. The number of anilines is 1. The van der Waals surface area contributed by atoms with Crippen molar-refractivity contribution in [3.05, 3.63) is 33.9 Å². The summed E-state index contributed by atoms with van der Waals surface area (Å²) in [6.07, 6.45) is 6.36. The molecule has 0 saturated heterocycles. The van der Waals surface area contributed by atoms with Crippen LogP contribution in [0.1, 0.15) is 44.6 Å². The van der Waals surface area contributed by atoms with E-state index in [-0.39, 0.29) is 10.6 Å². The predicted molar refractivity (Wildman–Crippen MR) is 77.5 cm³/mol. The van der Waals surface area contributed by atoms with Crippen LogP contribution in [0.3, 0.4) is 0 Å². The number of nitro benzene ring substituents is 1. The molecular weight excluding hydrogens is 240 g/mol. The highest BCUT2D eigenvalue weighted by Crippen LogP contribution is 2.31. The van der Waals surface area contributed by atoms with Crippen molar-refractivity contribution >= 4 is 11.4 Å². The highest BCUT2D eigenvalue weighted by atomic mass is 16.6. The molecule has 1 atom stereocenters. The molecule has 0 aliphatic heterocycles. The number of nitrogens with one attached hydrogen (secondary N) is 1. The Balaban J connectivity index is 2.11. The van der Waals surface area contributed by atoms with Crippen LogP contribution in [0, 0.1) is 23.0 Å². The van der Waals surface area contributed by atoms with Gasteiger partial charge in [-0.05, 0) is 44.2 Å². The van der Waals surface area contributed by atoms with Gasteiger partial charge >= 0.3 is 0 Å². The molecule has 0 heterocycles. The Morgan fingerprint density at radius 1 is 1.32 bits per heavy atom. The first kappa shape index (κ1) is 13.8. The van der Waals surface area contributed by atoms with Gasteiger partial charge in [-0.2, -0.15) is 0 Å². The molecule has 19 heavy (non-hydrogen) atoms. The number of aryl methyl sites for hydroxylation is 1. The van der Waals surface area contributed by atoms with Gasteiger partial charge in [0.25, 0.3) is 5.69 Å². The van der Waals surface area contributed by atoms with Crippen molar-refractivity contribution in [2.75, 3.05) is 5.32 Å². The maximum Gasteiger partial charge on any atom is 0.292 e. The highest BCUT2D eigenvalue weighted by Gasteiger charge is 2.22. The van der Waals surface area contributed by atoms with Crippen LogP contribution in [0.5, 0.6) is 0 Å². The van der Waals surface area contributed by atoms with E-state index < -0.39 is 0 Å². The Labute approximate surface area is 114 Å². The van der Waals surface area contributed by atoms with Gasteiger partial charge in [0.05, 0.1) is 4.92 Å². The second-order valence-corrected chi connectivity index (χ2v) is 5.61. The summed E-state index contributed by atoms with van der Waals surface area (Å²) in [5, 5.41) is 14.4. The number of benzene rings is 1. The summed E-state index contributed by atoms with van der Waals surface area (Å²) in [5.41, 5.74) is 1.75. The third kappa shape index (κ3) is 3.46. The molecule has 2 rings (SSSR count). The lowest BCUT2D eigenvalue weighted by Crippen LogP contribution is -2.27. The topological polar surface area (TPSA) is 55.2 Å². The molecule has 1 aromatic rings. The van der Waals surface area contributed by atoms with Gasteiger partial charge in [0.1, 0.15) is 5.69 Å².